The minimum absolute atomic E-state index is 0.749. The van der Waals surface area contributed by atoms with Crippen molar-refractivity contribution in [1.82, 2.24) is 14.5 Å². The molecule has 0 unspecified atom stereocenters. The van der Waals surface area contributed by atoms with Crippen LogP contribution in [0.5, 0.6) is 0 Å². The molecule has 0 aromatic carbocycles. The maximum Gasteiger partial charge on any atom is 0.159 e. The fourth-order valence-electron chi connectivity index (χ4n) is 1.64. The van der Waals surface area contributed by atoms with E-state index < -0.39 is 0 Å². The Labute approximate surface area is 89.1 Å². The highest BCUT2D eigenvalue weighted by Crippen LogP contribution is 2.11. The second-order valence-corrected chi connectivity index (χ2v) is 3.79. The normalized spacial score (nSPS) is 11.1. The summed E-state index contributed by atoms with van der Waals surface area (Å²) in [5, 5.41) is 0. The van der Waals surface area contributed by atoms with E-state index in [1.54, 1.807) is 0 Å². The highest BCUT2D eigenvalue weighted by molar-refractivity contribution is 5.70. The molecule has 2 aromatic heterocycles. The van der Waals surface area contributed by atoms with Gasteiger partial charge in [0, 0.05) is 12.7 Å². The van der Waals surface area contributed by atoms with Crippen molar-refractivity contribution in [2.75, 3.05) is 6.54 Å². The number of aryl methyl sites for hydroxylation is 2. The molecule has 0 aliphatic heterocycles. The molecule has 0 spiro atoms. The second kappa shape index (κ2) is 4.40. The van der Waals surface area contributed by atoms with E-state index in [4.69, 9.17) is 5.73 Å². The van der Waals surface area contributed by atoms with Crippen molar-refractivity contribution in [3.8, 4) is 0 Å². The highest BCUT2D eigenvalue weighted by Gasteiger charge is 2.02. The average molecular weight is 204 g/mol. The van der Waals surface area contributed by atoms with Gasteiger partial charge in [0.1, 0.15) is 5.52 Å². The number of imidazole rings is 1. The number of unbranched alkanes of at least 4 members (excludes halogenated alkanes) is 1. The quantitative estimate of drug-likeness (QED) is 0.767. The Morgan fingerprint density at radius 2 is 2.20 bits per heavy atom. The molecule has 2 aromatic rings. The molecule has 0 amide bonds. The van der Waals surface area contributed by atoms with Crippen LogP contribution in [-0.4, -0.2) is 21.1 Å². The third kappa shape index (κ3) is 2.15. The first-order valence-electron chi connectivity index (χ1n) is 5.29. The number of hydrogen-bond acceptors (Lipinski definition) is 3. The van der Waals surface area contributed by atoms with Crippen molar-refractivity contribution >= 4 is 11.2 Å². The van der Waals surface area contributed by atoms with Crippen molar-refractivity contribution in [2.24, 2.45) is 5.73 Å². The predicted molar refractivity (Wildman–Crippen MR) is 60.6 cm³/mol. The Morgan fingerprint density at radius 1 is 1.33 bits per heavy atom. The van der Waals surface area contributed by atoms with Crippen LogP contribution >= 0.6 is 0 Å². The standard InChI is InChI=1S/C11H16N4/c1-9-6-10-11(13-7-9)15(8-14-10)5-3-2-4-12/h6-8H,2-5,12H2,1H3. The van der Waals surface area contributed by atoms with Crippen molar-refractivity contribution in [3.05, 3.63) is 24.2 Å². The van der Waals surface area contributed by atoms with Gasteiger partial charge in [0.15, 0.2) is 5.65 Å². The van der Waals surface area contributed by atoms with Gasteiger partial charge in [-0.2, -0.15) is 0 Å². The Kier molecular flexibility index (Phi) is 2.97. The fraction of sp³-hybridized carbons (Fsp3) is 0.455. The van der Waals surface area contributed by atoms with Crippen LogP contribution in [0.2, 0.25) is 0 Å². The lowest BCUT2D eigenvalue weighted by molar-refractivity contribution is 0.623. The predicted octanol–water partition coefficient (Wildman–Crippen LogP) is 1.48. The molecule has 0 radical (unpaired) electrons. The number of nitrogens with zero attached hydrogens (tertiary/aromatic N) is 3. The molecule has 0 fully saturated rings. The van der Waals surface area contributed by atoms with Gasteiger partial charge in [-0.05, 0) is 37.9 Å². The lowest BCUT2D eigenvalue weighted by atomic mass is 10.3. The van der Waals surface area contributed by atoms with Crippen LogP contribution in [-0.2, 0) is 6.54 Å². The molecule has 0 saturated heterocycles. The summed E-state index contributed by atoms with van der Waals surface area (Å²) in [6, 6.07) is 2.06. The van der Waals surface area contributed by atoms with Crippen LogP contribution in [0.3, 0.4) is 0 Å². The van der Waals surface area contributed by atoms with Gasteiger partial charge in [-0.25, -0.2) is 9.97 Å². The Hall–Kier alpha value is -1.42. The smallest absolute Gasteiger partial charge is 0.159 e. The first kappa shape index (κ1) is 10.1. The van der Waals surface area contributed by atoms with Crippen LogP contribution < -0.4 is 5.73 Å². The molecule has 2 heterocycles. The lowest BCUT2D eigenvalue weighted by Crippen LogP contribution is -2.02. The molecule has 2 rings (SSSR count). The summed E-state index contributed by atoms with van der Waals surface area (Å²) < 4.78 is 2.09. The second-order valence-electron chi connectivity index (χ2n) is 3.79. The maximum atomic E-state index is 5.46. The van der Waals surface area contributed by atoms with Crippen molar-refractivity contribution < 1.29 is 0 Å². The molecular formula is C11H16N4. The maximum absolute atomic E-state index is 5.46. The zero-order valence-electron chi connectivity index (χ0n) is 8.98. The number of hydrogen-bond donors (Lipinski definition) is 1. The van der Waals surface area contributed by atoms with Crippen LogP contribution in [0.1, 0.15) is 18.4 Å². The molecule has 0 aliphatic rings. The molecule has 0 aliphatic carbocycles. The Balaban J connectivity index is 2.21. The van der Waals surface area contributed by atoms with Gasteiger partial charge in [-0.3, -0.25) is 0 Å². The summed E-state index contributed by atoms with van der Waals surface area (Å²) in [4.78, 5) is 8.72. The monoisotopic (exact) mass is 204 g/mol. The summed E-state index contributed by atoms with van der Waals surface area (Å²) in [7, 11) is 0. The van der Waals surface area contributed by atoms with Gasteiger partial charge in [0.25, 0.3) is 0 Å². The van der Waals surface area contributed by atoms with E-state index in [0.717, 1.165) is 42.7 Å². The first-order chi connectivity index (χ1) is 7.31. The third-order valence-electron chi connectivity index (χ3n) is 2.45. The Morgan fingerprint density at radius 3 is 3.00 bits per heavy atom. The van der Waals surface area contributed by atoms with Crippen LogP contribution in [0.15, 0.2) is 18.6 Å². The summed E-state index contributed by atoms with van der Waals surface area (Å²) in [6.07, 6.45) is 5.86. The van der Waals surface area contributed by atoms with Crippen molar-refractivity contribution in [2.45, 2.75) is 26.3 Å². The van der Waals surface area contributed by atoms with E-state index in [-0.39, 0.29) is 0 Å². The topological polar surface area (TPSA) is 56.7 Å². The van der Waals surface area contributed by atoms with Crippen LogP contribution in [0, 0.1) is 6.92 Å². The van der Waals surface area contributed by atoms with E-state index in [2.05, 4.69) is 20.6 Å². The van der Waals surface area contributed by atoms with Crippen LogP contribution in [0.4, 0.5) is 0 Å². The Bertz CT molecular complexity index is 447. The summed E-state index contributed by atoms with van der Waals surface area (Å²) in [5.74, 6) is 0. The summed E-state index contributed by atoms with van der Waals surface area (Å²) in [6.45, 7) is 3.73. The number of pyridine rings is 1. The molecular weight excluding hydrogens is 188 g/mol. The molecule has 0 atom stereocenters. The number of nitrogens with two attached hydrogens (primary N) is 1. The van der Waals surface area contributed by atoms with Crippen molar-refractivity contribution in [3.63, 3.8) is 0 Å². The van der Waals surface area contributed by atoms with Crippen molar-refractivity contribution in [1.29, 1.82) is 0 Å². The van der Waals surface area contributed by atoms with E-state index in [0.29, 0.717) is 0 Å². The minimum Gasteiger partial charge on any atom is -0.330 e. The molecule has 15 heavy (non-hydrogen) atoms. The van der Waals surface area contributed by atoms with E-state index in [1.807, 2.05) is 19.4 Å². The van der Waals surface area contributed by atoms with E-state index in [1.165, 1.54) is 0 Å². The molecule has 0 bridgehead atoms. The van der Waals surface area contributed by atoms with Gasteiger partial charge in [0.2, 0.25) is 0 Å². The molecule has 4 nitrogen and oxygen atoms in total. The molecule has 4 heteroatoms. The van der Waals surface area contributed by atoms with Gasteiger partial charge in [-0.15, -0.1) is 0 Å². The van der Waals surface area contributed by atoms with Crippen LogP contribution in [0.25, 0.3) is 11.2 Å². The minimum atomic E-state index is 0.749. The first-order valence-corrected chi connectivity index (χ1v) is 5.29. The number of fused-ring (bicyclic) bond motifs is 1. The zero-order chi connectivity index (χ0) is 10.7. The molecule has 80 valence electrons. The highest BCUT2D eigenvalue weighted by atomic mass is 15.1. The van der Waals surface area contributed by atoms with E-state index >= 15 is 0 Å². The largest absolute Gasteiger partial charge is 0.330 e. The average Bonchev–Trinajstić information content (AvgIpc) is 2.61. The molecule has 0 saturated carbocycles. The van der Waals surface area contributed by atoms with Gasteiger partial charge in [-0.1, -0.05) is 0 Å². The molecule has 2 N–H and O–H groups in total. The lowest BCUT2D eigenvalue weighted by Gasteiger charge is -2.02. The summed E-state index contributed by atoms with van der Waals surface area (Å²) in [5.41, 5.74) is 8.55. The zero-order valence-corrected chi connectivity index (χ0v) is 8.98. The third-order valence-corrected chi connectivity index (χ3v) is 2.45. The van der Waals surface area contributed by atoms with E-state index in [9.17, 15) is 0 Å². The van der Waals surface area contributed by atoms with Gasteiger partial charge >= 0.3 is 0 Å². The number of rotatable bonds is 4. The van der Waals surface area contributed by atoms with Gasteiger partial charge < -0.3 is 10.3 Å². The summed E-state index contributed by atoms with van der Waals surface area (Å²) >= 11 is 0. The SMILES string of the molecule is Cc1cnc2c(c1)ncn2CCCCN. The fourth-order valence-corrected chi connectivity index (χ4v) is 1.64. The number of aromatic nitrogens is 3. The van der Waals surface area contributed by atoms with Gasteiger partial charge in [0.05, 0.1) is 6.33 Å².